The van der Waals surface area contributed by atoms with E-state index in [9.17, 15) is 9.90 Å². The van der Waals surface area contributed by atoms with Crippen molar-refractivity contribution < 1.29 is 14.6 Å². The van der Waals surface area contributed by atoms with E-state index in [1.165, 1.54) is 45.6 Å². The Morgan fingerprint density at radius 3 is 2.38 bits per heavy atom. The summed E-state index contributed by atoms with van der Waals surface area (Å²) in [5.74, 6) is -0.210. The molecule has 0 fully saturated rings. The minimum atomic E-state index is -0.328. The number of aliphatic hydroxyl groups excluding tert-OH is 1. The van der Waals surface area contributed by atoms with Crippen LogP contribution < -0.4 is 0 Å². The number of unbranched alkanes of at least 4 members (excludes halogenated alkanes) is 7. The lowest BCUT2D eigenvalue weighted by Gasteiger charge is -2.18. The maximum atomic E-state index is 12.4. The summed E-state index contributed by atoms with van der Waals surface area (Å²) in [7, 11) is 1.45. The van der Waals surface area contributed by atoms with Crippen molar-refractivity contribution in [3.8, 4) is 0 Å². The molecule has 0 aliphatic heterocycles. The number of benzene rings is 1. The molecule has 0 radical (unpaired) electrons. The molecule has 1 unspecified atom stereocenters. The van der Waals surface area contributed by atoms with Crippen LogP contribution in [0.1, 0.15) is 76.3 Å². The van der Waals surface area contributed by atoms with Crippen molar-refractivity contribution in [3.05, 3.63) is 36.0 Å². The first-order valence-corrected chi connectivity index (χ1v) is 10.00. The average molecular weight is 360 g/mol. The van der Waals surface area contributed by atoms with E-state index in [4.69, 9.17) is 4.74 Å². The number of carbonyl (C=O) groups excluding carboxylic acids is 1. The molecule has 0 spiro atoms. The monoisotopic (exact) mass is 359 g/mol. The molecule has 0 saturated heterocycles. The largest absolute Gasteiger partial charge is 0.467 e. The molecule has 4 heteroatoms. The number of nitrogens with zero attached hydrogens (tertiary/aromatic N) is 1. The minimum absolute atomic E-state index is 0.0286. The van der Waals surface area contributed by atoms with Gasteiger partial charge in [0, 0.05) is 22.7 Å². The Morgan fingerprint density at radius 1 is 1.08 bits per heavy atom. The quantitative estimate of drug-likeness (QED) is 0.409. The molecule has 144 valence electrons. The van der Waals surface area contributed by atoms with Gasteiger partial charge in [-0.2, -0.15) is 0 Å². The number of hydrogen-bond acceptors (Lipinski definition) is 3. The lowest BCUT2D eigenvalue weighted by molar-refractivity contribution is -0.144. The van der Waals surface area contributed by atoms with Crippen molar-refractivity contribution in [2.24, 2.45) is 0 Å². The lowest BCUT2D eigenvalue weighted by atomic mass is 10.0. The number of carbonyl (C=O) groups is 1. The predicted molar refractivity (Wildman–Crippen MR) is 106 cm³/mol. The van der Waals surface area contributed by atoms with Gasteiger partial charge in [-0.15, -0.1) is 0 Å². The second-order valence-corrected chi connectivity index (χ2v) is 7.04. The number of fused-ring (bicyclic) bond motifs is 1. The summed E-state index contributed by atoms with van der Waals surface area (Å²) in [6.07, 6.45) is 12.6. The van der Waals surface area contributed by atoms with Crippen molar-refractivity contribution in [3.63, 3.8) is 0 Å². The van der Waals surface area contributed by atoms with Crippen LogP contribution in [0.3, 0.4) is 0 Å². The van der Waals surface area contributed by atoms with Crippen molar-refractivity contribution in [1.82, 2.24) is 4.57 Å². The van der Waals surface area contributed by atoms with Crippen LogP contribution in [-0.2, 0) is 16.1 Å². The third-order valence-electron chi connectivity index (χ3n) is 5.13. The molecule has 1 atom stereocenters. The predicted octanol–water partition coefficient (Wildman–Crippen LogP) is 5.38. The van der Waals surface area contributed by atoms with E-state index in [-0.39, 0.29) is 18.6 Å². The van der Waals surface area contributed by atoms with Crippen molar-refractivity contribution >= 4 is 16.9 Å². The number of aromatic nitrogens is 1. The highest BCUT2D eigenvalue weighted by Crippen LogP contribution is 2.28. The molecule has 4 nitrogen and oxygen atoms in total. The van der Waals surface area contributed by atoms with Crippen molar-refractivity contribution in [2.45, 2.75) is 77.4 Å². The van der Waals surface area contributed by atoms with Gasteiger partial charge in [0.05, 0.1) is 13.7 Å². The molecular formula is C22H33NO3. The Bertz CT molecular complexity index is 677. The third kappa shape index (κ3) is 5.34. The molecular weight excluding hydrogens is 326 g/mol. The number of ether oxygens (including phenoxy) is 1. The summed E-state index contributed by atoms with van der Waals surface area (Å²) in [6, 6.07) is 7.58. The molecule has 0 amide bonds. The first kappa shape index (κ1) is 20.5. The fourth-order valence-corrected chi connectivity index (χ4v) is 3.64. The first-order chi connectivity index (χ1) is 12.7. The van der Waals surface area contributed by atoms with E-state index in [0.717, 1.165) is 35.7 Å². The highest BCUT2D eigenvalue weighted by molar-refractivity contribution is 5.86. The third-order valence-corrected chi connectivity index (χ3v) is 5.13. The first-order valence-electron chi connectivity index (χ1n) is 10.00. The van der Waals surface area contributed by atoms with Crippen LogP contribution in [0, 0.1) is 0 Å². The van der Waals surface area contributed by atoms with Crippen molar-refractivity contribution in [2.75, 3.05) is 7.11 Å². The van der Waals surface area contributed by atoms with Gasteiger partial charge in [0.15, 0.2) is 0 Å². The summed E-state index contributed by atoms with van der Waals surface area (Å²) in [6.45, 7) is 2.21. The van der Waals surface area contributed by atoms with E-state index in [0.29, 0.717) is 0 Å². The summed E-state index contributed by atoms with van der Waals surface area (Å²) in [5.41, 5.74) is 1.83. The molecule has 2 rings (SSSR count). The van der Waals surface area contributed by atoms with E-state index in [2.05, 4.69) is 6.92 Å². The zero-order valence-electron chi connectivity index (χ0n) is 16.2. The van der Waals surface area contributed by atoms with Crippen LogP contribution in [0.5, 0.6) is 0 Å². The van der Waals surface area contributed by atoms with Gasteiger partial charge >= 0.3 is 5.97 Å². The molecule has 1 aromatic heterocycles. The maximum absolute atomic E-state index is 12.4. The number of esters is 1. The second kappa shape index (κ2) is 11.0. The molecule has 2 aromatic rings. The molecule has 0 aliphatic carbocycles. The Balaban J connectivity index is 1.99. The van der Waals surface area contributed by atoms with E-state index in [1.807, 2.05) is 35.0 Å². The number of methoxy groups -OCH3 is 1. The minimum Gasteiger partial charge on any atom is -0.467 e. The van der Waals surface area contributed by atoms with Crippen LogP contribution in [0.25, 0.3) is 10.9 Å². The van der Waals surface area contributed by atoms with Gasteiger partial charge in [-0.25, -0.2) is 4.79 Å². The summed E-state index contributed by atoms with van der Waals surface area (Å²) >= 11 is 0. The van der Waals surface area contributed by atoms with Gasteiger partial charge in [0.2, 0.25) is 0 Å². The Hall–Kier alpha value is -1.81. The topological polar surface area (TPSA) is 51.5 Å². The van der Waals surface area contributed by atoms with Gasteiger partial charge in [0.1, 0.15) is 6.04 Å². The van der Waals surface area contributed by atoms with E-state index in [1.54, 1.807) is 0 Å². The van der Waals surface area contributed by atoms with Crippen LogP contribution >= 0.6 is 0 Å². The SMILES string of the molecule is CCCCCCCCCCC(C(=O)OC)n1cc(CO)c2ccccc21. The molecule has 1 aromatic carbocycles. The smallest absolute Gasteiger partial charge is 0.328 e. The number of para-hydroxylation sites is 1. The van der Waals surface area contributed by atoms with Gasteiger partial charge < -0.3 is 14.4 Å². The Labute approximate surface area is 157 Å². The van der Waals surface area contributed by atoms with Gasteiger partial charge in [-0.1, -0.05) is 76.5 Å². The van der Waals surface area contributed by atoms with Gasteiger partial charge in [0.25, 0.3) is 0 Å². The molecule has 1 N–H and O–H groups in total. The fourth-order valence-electron chi connectivity index (χ4n) is 3.64. The summed E-state index contributed by atoms with van der Waals surface area (Å²) in [4.78, 5) is 12.4. The second-order valence-electron chi connectivity index (χ2n) is 7.04. The normalized spacial score (nSPS) is 12.4. The lowest BCUT2D eigenvalue weighted by Crippen LogP contribution is -2.20. The van der Waals surface area contributed by atoms with Crippen LogP contribution in [0.2, 0.25) is 0 Å². The molecule has 0 bridgehead atoms. The summed E-state index contributed by atoms with van der Waals surface area (Å²) in [5, 5.41) is 10.6. The number of aliphatic hydroxyl groups is 1. The van der Waals surface area contributed by atoms with E-state index >= 15 is 0 Å². The maximum Gasteiger partial charge on any atom is 0.328 e. The fraction of sp³-hybridized carbons (Fsp3) is 0.591. The molecule has 0 saturated carbocycles. The van der Waals surface area contributed by atoms with Crippen LogP contribution in [0.4, 0.5) is 0 Å². The zero-order chi connectivity index (χ0) is 18.8. The highest BCUT2D eigenvalue weighted by Gasteiger charge is 2.23. The van der Waals surface area contributed by atoms with E-state index < -0.39 is 0 Å². The number of hydrogen-bond donors (Lipinski definition) is 1. The van der Waals surface area contributed by atoms with Crippen molar-refractivity contribution in [1.29, 1.82) is 0 Å². The standard InChI is InChI=1S/C22H33NO3/c1-3-4-5-6-7-8-9-10-15-21(22(25)26-2)23-16-18(17-24)19-13-11-12-14-20(19)23/h11-14,16,21,24H,3-10,15,17H2,1-2H3. The Kier molecular flexibility index (Phi) is 8.69. The molecule has 1 heterocycles. The highest BCUT2D eigenvalue weighted by atomic mass is 16.5. The van der Waals surface area contributed by atoms with Gasteiger partial charge in [-0.05, 0) is 12.5 Å². The Morgan fingerprint density at radius 2 is 1.73 bits per heavy atom. The summed E-state index contributed by atoms with van der Waals surface area (Å²) < 4.78 is 7.04. The number of rotatable bonds is 12. The van der Waals surface area contributed by atoms with Crippen LogP contribution in [-0.4, -0.2) is 22.8 Å². The average Bonchev–Trinajstić information content (AvgIpc) is 3.05. The molecule has 26 heavy (non-hydrogen) atoms. The van der Waals surface area contributed by atoms with Gasteiger partial charge in [-0.3, -0.25) is 0 Å². The zero-order valence-corrected chi connectivity index (χ0v) is 16.2. The van der Waals surface area contributed by atoms with Crippen LogP contribution in [0.15, 0.2) is 30.5 Å². The molecule has 0 aliphatic rings.